The van der Waals surface area contributed by atoms with Gasteiger partial charge in [0.1, 0.15) is 11.7 Å². The maximum absolute atomic E-state index is 12.0. The van der Waals surface area contributed by atoms with Crippen molar-refractivity contribution in [3.05, 3.63) is 35.4 Å². The minimum absolute atomic E-state index is 0.0451. The van der Waals surface area contributed by atoms with Crippen molar-refractivity contribution in [2.45, 2.75) is 58.3 Å². The van der Waals surface area contributed by atoms with Crippen LogP contribution in [0.1, 0.15) is 50.8 Å². The molecule has 4 heteroatoms. The molecule has 1 saturated heterocycles. The quantitative estimate of drug-likeness (QED) is 0.903. The molecule has 0 spiro atoms. The Hall–Kier alpha value is -1.55. The molecule has 0 saturated carbocycles. The first-order valence-corrected chi connectivity index (χ1v) is 7.53. The van der Waals surface area contributed by atoms with Crippen molar-refractivity contribution in [1.29, 1.82) is 0 Å². The Morgan fingerprint density at radius 1 is 1.29 bits per heavy atom. The van der Waals surface area contributed by atoms with Gasteiger partial charge in [0.2, 0.25) is 0 Å². The molecule has 0 aliphatic carbocycles. The fraction of sp³-hybridized carbons (Fsp3) is 0.588. The molecule has 0 radical (unpaired) electrons. The summed E-state index contributed by atoms with van der Waals surface area (Å²) in [5.41, 5.74) is 1.83. The highest BCUT2D eigenvalue weighted by molar-refractivity contribution is 5.68. The zero-order valence-electron chi connectivity index (χ0n) is 13.3. The van der Waals surface area contributed by atoms with Crippen molar-refractivity contribution in [1.82, 2.24) is 5.32 Å². The molecule has 21 heavy (non-hydrogen) atoms. The second-order valence-corrected chi connectivity index (χ2v) is 6.60. The third kappa shape index (κ3) is 4.74. The molecular weight excluding hydrogens is 266 g/mol. The topological polar surface area (TPSA) is 47.6 Å². The normalized spacial score (nSPS) is 22.7. The van der Waals surface area contributed by atoms with E-state index >= 15 is 0 Å². The summed E-state index contributed by atoms with van der Waals surface area (Å²) >= 11 is 0. The van der Waals surface area contributed by atoms with Gasteiger partial charge in [-0.1, -0.05) is 29.8 Å². The van der Waals surface area contributed by atoms with Crippen LogP contribution >= 0.6 is 0 Å². The number of nitrogens with one attached hydrogen (secondary N) is 1. The molecule has 4 nitrogen and oxygen atoms in total. The third-order valence-corrected chi connectivity index (χ3v) is 3.43. The minimum Gasteiger partial charge on any atom is -0.444 e. The first-order chi connectivity index (χ1) is 9.85. The SMILES string of the molecule is Cc1ccc([C@@H]2OCCC[C@@H]2NC(=O)OC(C)(C)C)cc1. The van der Waals surface area contributed by atoms with Crippen LogP contribution in [0.4, 0.5) is 4.79 Å². The Kier molecular flexibility index (Phi) is 4.88. The molecule has 1 amide bonds. The standard InChI is InChI=1S/C17H25NO3/c1-12-7-9-13(10-8-12)15-14(6-5-11-20-15)18-16(19)21-17(2,3)4/h7-10,14-15H,5-6,11H2,1-4H3,(H,18,19)/t14-,15-/m0/s1. The summed E-state index contributed by atoms with van der Waals surface area (Å²) in [6, 6.07) is 8.22. The summed E-state index contributed by atoms with van der Waals surface area (Å²) in [4.78, 5) is 12.0. The molecule has 0 aromatic heterocycles. The van der Waals surface area contributed by atoms with E-state index in [-0.39, 0.29) is 18.2 Å². The molecule has 1 fully saturated rings. The van der Waals surface area contributed by atoms with Gasteiger partial charge < -0.3 is 14.8 Å². The summed E-state index contributed by atoms with van der Waals surface area (Å²) in [5, 5.41) is 2.95. The number of benzene rings is 1. The summed E-state index contributed by atoms with van der Waals surface area (Å²) in [7, 11) is 0. The molecule has 0 bridgehead atoms. The number of aryl methyl sites for hydroxylation is 1. The van der Waals surface area contributed by atoms with Crippen molar-refractivity contribution < 1.29 is 14.3 Å². The molecule has 1 heterocycles. The molecule has 2 atom stereocenters. The van der Waals surface area contributed by atoms with Gasteiger partial charge in [0, 0.05) is 6.61 Å². The Labute approximate surface area is 126 Å². The molecule has 116 valence electrons. The van der Waals surface area contributed by atoms with E-state index in [1.54, 1.807) is 0 Å². The Balaban J connectivity index is 2.05. The highest BCUT2D eigenvalue weighted by Gasteiger charge is 2.30. The van der Waals surface area contributed by atoms with Gasteiger partial charge in [-0.05, 0) is 46.1 Å². The first-order valence-electron chi connectivity index (χ1n) is 7.53. The van der Waals surface area contributed by atoms with E-state index < -0.39 is 5.60 Å². The van der Waals surface area contributed by atoms with Crippen LogP contribution < -0.4 is 5.32 Å². The summed E-state index contributed by atoms with van der Waals surface area (Å²) < 4.78 is 11.2. The lowest BCUT2D eigenvalue weighted by molar-refractivity contribution is -0.0163. The van der Waals surface area contributed by atoms with E-state index in [4.69, 9.17) is 9.47 Å². The van der Waals surface area contributed by atoms with Crippen molar-refractivity contribution in [3.63, 3.8) is 0 Å². The van der Waals surface area contributed by atoms with E-state index in [1.165, 1.54) is 5.56 Å². The van der Waals surface area contributed by atoms with Crippen molar-refractivity contribution in [3.8, 4) is 0 Å². The molecule has 1 aliphatic rings. The molecule has 1 aromatic carbocycles. The van der Waals surface area contributed by atoms with Gasteiger partial charge in [0.25, 0.3) is 0 Å². The van der Waals surface area contributed by atoms with Crippen LogP contribution in [0.15, 0.2) is 24.3 Å². The fourth-order valence-electron chi connectivity index (χ4n) is 2.47. The average molecular weight is 291 g/mol. The number of carbonyl (C=O) groups is 1. The zero-order valence-corrected chi connectivity index (χ0v) is 13.3. The lowest BCUT2D eigenvalue weighted by Gasteiger charge is -2.33. The number of carbonyl (C=O) groups excluding carboxylic acids is 1. The fourth-order valence-corrected chi connectivity index (χ4v) is 2.47. The van der Waals surface area contributed by atoms with Gasteiger partial charge >= 0.3 is 6.09 Å². The molecule has 1 aromatic rings. The number of hydrogen-bond donors (Lipinski definition) is 1. The van der Waals surface area contributed by atoms with Gasteiger partial charge in [-0.2, -0.15) is 0 Å². The number of ether oxygens (including phenoxy) is 2. The van der Waals surface area contributed by atoms with Crippen LogP contribution in [0.25, 0.3) is 0 Å². The first kappa shape index (κ1) is 15.8. The van der Waals surface area contributed by atoms with E-state index in [9.17, 15) is 4.79 Å². The van der Waals surface area contributed by atoms with Crippen LogP contribution in [-0.4, -0.2) is 24.3 Å². The number of amides is 1. The largest absolute Gasteiger partial charge is 0.444 e. The summed E-state index contributed by atoms with van der Waals surface area (Å²) in [6.07, 6.45) is 1.36. The third-order valence-electron chi connectivity index (χ3n) is 3.43. The summed E-state index contributed by atoms with van der Waals surface area (Å²) in [6.45, 7) is 8.37. The second-order valence-electron chi connectivity index (χ2n) is 6.60. The van der Waals surface area contributed by atoms with E-state index in [0.717, 1.165) is 25.0 Å². The zero-order chi connectivity index (χ0) is 15.5. The number of hydrogen-bond acceptors (Lipinski definition) is 3. The van der Waals surface area contributed by atoms with Crippen LogP contribution in [0.5, 0.6) is 0 Å². The maximum atomic E-state index is 12.0. The minimum atomic E-state index is -0.487. The highest BCUT2D eigenvalue weighted by atomic mass is 16.6. The van der Waals surface area contributed by atoms with Gasteiger partial charge in [-0.3, -0.25) is 0 Å². The van der Waals surface area contributed by atoms with Crippen LogP contribution in [0.3, 0.4) is 0 Å². The molecule has 0 unspecified atom stereocenters. The van der Waals surface area contributed by atoms with Gasteiger partial charge in [-0.25, -0.2) is 4.79 Å². The summed E-state index contributed by atoms with van der Waals surface area (Å²) in [5.74, 6) is 0. The predicted octanol–water partition coefficient (Wildman–Crippen LogP) is 3.74. The van der Waals surface area contributed by atoms with E-state index in [2.05, 4.69) is 36.5 Å². The van der Waals surface area contributed by atoms with Crippen molar-refractivity contribution >= 4 is 6.09 Å². The van der Waals surface area contributed by atoms with Crippen LogP contribution in [0.2, 0.25) is 0 Å². The van der Waals surface area contributed by atoms with Crippen molar-refractivity contribution in [2.24, 2.45) is 0 Å². The van der Waals surface area contributed by atoms with Gasteiger partial charge in [0.15, 0.2) is 0 Å². The Morgan fingerprint density at radius 2 is 1.95 bits per heavy atom. The maximum Gasteiger partial charge on any atom is 0.407 e. The highest BCUT2D eigenvalue weighted by Crippen LogP contribution is 2.28. The average Bonchev–Trinajstić information content (AvgIpc) is 2.38. The predicted molar refractivity (Wildman–Crippen MR) is 82.3 cm³/mol. The number of rotatable bonds is 2. The lowest BCUT2D eigenvalue weighted by atomic mass is 9.95. The van der Waals surface area contributed by atoms with Gasteiger partial charge in [0.05, 0.1) is 6.04 Å². The Bertz CT molecular complexity index is 476. The van der Waals surface area contributed by atoms with Crippen LogP contribution in [-0.2, 0) is 9.47 Å². The monoisotopic (exact) mass is 291 g/mol. The van der Waals surface area contributed by atoms with E-state index in [1.807, 2.05) is 20.8 Å². The van der Waals surface area contributed by atoms with Gasteiger partial charge in [-0.15, -0.1) is 0 Å². The lowest BCUT2D eigenvalue weighted by Crippen LogP contribution is -2.44. The Morgan fingerprint density at radius 3 is 2.57 bits per heavy atom. The van der Waals surface area contributed by atoms with Crippen LogP contribution in [0, 0.1) is 6.92 Å². The molecule has 2 rings (SSSR count). The molecule has 1 aliphatic heterocycles. The van der Waals surface area contributed by atoms with E-state index in [0.29, 0.717) is 0 Å². The molecular formula is C17H25NO3. The molecule has 1 N–H and O–H groups in total. The number of alkyl carbamates (subject to hydrolysis) is 1. The van der Waals surface area contributed by atoms with Crippen molar-refractivity contribution in [2.75, 3.05) is 6.61 Å². The second kappa shape index (κ2) is 6.48. The smallest absolute Gasteiger partial charge is 0.407 e.